The topological polar surface area (TPSA) is 49.9 Å². The second kappa shape index (κ2) is 7.12. The first-order chi connectivity index (χ1) is 13.0. The molecule has 5 nitrogen and oxygen atoms in total. The summed E-state index contributed by atoms with van der Waals surface area (Å²) in [5, 5.41) is 0. The molecule has 2 aromatic rings. The highest BCUT2D eigenvalue weighted by Crippen LogP contribution is 2.30. The fraction of sp³-hybridized carbons (Fsp3) is 0.333. The monoisotopic (exact) mass is 368 g/mol. The van der Waals surface area contributed by atoms with E-state index in [4.69, 9.17) is 4.74 Å². The summed E-state index contributed by atoms with van der Waals surface area (Å²) in [6, 6.07) is 11.7. The largest absolute Gasteiger partial charge is 0.370 e. The third kappa shape index (κ3) is 3.45. The van der Waals surface area contributed by atoms with Crippen molar-refractivity contribution in [2.75, 3.05) is 31.1 Å². The Bertz CT molecular complexity index is 881. The molecule has 1 fully saturated rings. The fourth-order valence-electron chi connectivity index (χ4n) is 3.76. The smallest absolute Gasteiger partial charge is 0.254 e. The molecule has 0 spiro atoms. The number of rotatable bonds is 2. The third-order valence-electron chi connectivity index (χ3n) is 5.20. The molecular formula is C21H21FN2O3. The van der Waals surface area contributed by atoms with Gasteiger partial charge in [-0.3, -0.25) is 9.59 Å². The van der Waals surface area contributed by atoms with Crippen LogP contribution in [0.3, 0.4) is 0 Å². The molecule has 4 rings (SSSR count). The lowest BCUT2D eigenvalue weighted by molar-refractivity contribution is -0.116. The number of morpholine rings is 1. The normalized spacial score (nSPS) is 19.1. The molecule has 0 radical (unpaired) electrons. The Kier molecular flexibility index (Phi) is 4.66. The van der Waals surface area contributed by atoms with Gasteiger partial charge < -0.3 is 14.5 Å². The van der Waals surface area contributed by atoms with Gasteiger partial charge in [-0.25, -0.2) is 4.39 Å². The first kappa shape index (κ1) is 17.7. The molecule has 2 aliphatic rings. The molecule has 2 aliphatic heterocycles. The number of halogens is 1. The predicted molar refractivity (Wildman–Crippen MR) is 99.2 cm³/mol. The number of hydrogen-bond acceptors (Lipinski definition) is 3. The van der Waals surface area contributed by atoms with Crippen molar-refractivity contribution in [1.82, 2.24) is 4.90 Å². The van der Waals surface area contributed by atoms with E-state index in [1.54, 1.807) is 34.9 Å². The highest BCUT2D eigenvalue weighted by atomic mass is 19.1. The molecule has 140 valence electrons. The van der Waals surface area contributed by atoms with Crippen LogP contribution in [0.4, 0.5) is 10.1 Å². The summed E-state index contributed by atoms with van der Waals surface area (Å²) in [4.78, 5) is 28.2. The van der Waals surface area contributed by atoms with E-state index < -0.39 is 0 Å². The maximum absolute atomic E-state index is 13.1. The van der Waals surface area contributed by atoms with E-state index in [0.717, 1.165) is 23.2 Å². The van der Waals surface area contributed by atoms with Crippen LogP contribution in [-0.2, 0) is 16.0 Å². The van der Waals surface area contributed by atoms with Crippen LogP contribution in [0.5, 0.6) is 0 Å². The number of fused-ring (bicyclic) bond motifs is 1. The quantitative estimate of drug-likeness (QED) is 0.819. The zero-order valence-electron chi connectivity index (χ0n) is 15.2. The lowest BCUT2D eigenvalue weighted by atomic mass is 10.0. The number of benzene rings is 2. The zero-order chi connectivity index (χ0) is 19.0. The van der Waals surface area contributed by atoms with Gasteiger partial charge in [0.05, 0.1) is 13.2 Å². The highest BCUT2D eigenvalue weighted by Gasteiger charge is 2.28. The number of ether oxygens (including phenoxy) is 1. The maximum atomic E-state index is 13.1. The van der Waals surface area contributed by atoms with Gasteiger partial charge in [0, 0.05) is 31.3 Å². The van der Waals surface area contributed by atoms with Crippen molar-refractivity contribution in [2.24, 2.45) is 0 Å². The van der Waals surface area contributed by atoms with E-state index in [0.29, 0.717) is 31.8 Å². The minimum Gasteiger partial charge on any atom is -0.370 e. The first-order valence-corrected chi connectivity index (χ1v) is 9.10. The van der Waals surface area contributed by atoms with Crippen molar-refractivity contribution in [2.45, 2.75) is 19.4 Å². The molecule has 0 saturated carbocycles. The van der Waals surface area contributed by atoms with Crippen LogP contribution in [-0.4, -0.2) is 43.0 Å². The Balaban J connectivity index is 1.51. The zero-order valence-corrected chi connectivity index (χ0v) is 15.2. The number of hydrogen-bond donors (Lipinski definition) is 0. The van der Waals surface area contributed by atoms with E-state index in [1.807, 2.05) is 12.1 Å². The third-order valence-corrected chi connectivity index (χ3v) is 5.20. The van der Waals surface area contributed by atoms with Gasteiger partial charge in [0.1, 0.15) is 11.9 Å². The summed E-state index contributed by atoms with van der Waals surface area (Å²) in [5.41, 5.74) is 3.41. The second-order valence-electron chi connectivity index (χ2n) is 6.93. The molecule has 1 saturated heterocycles. The van der Waals surface area contributed by atoms with E-state index in [-0.39, 0.29) is 23.7 Å². The van der Waals surface area contributed by atoms with E-state index in [1.165, 1.54) is 12.1 Å². The SMILES string of the molecule is CC(=O)N1CCc2cc(C(=O)N3CCOC(c4ccc(F)cc4)C3)ccc21. The summed E-state index contributed by atoms with van der Waals surface area (Å²) in [6.07, 6.45) is 0.503. The minimum absolute atomic E-state index is 0.0168. The van der Waals surface area contributed by atoms with Gasteiger partial charge >= 0.3 is 0 Å². The molecule has 2 heterocycles. The van der Waals surface area contributed by atoms with Gasteiger partial charge in [-0.2, -0.15) is 0 Å². The Morgan fingerprint density at radius 3 is 2.63 bits per heavy atom. The van der Waals surface area contributed by atoms with Gasteiger partial charge in [-0.1, -0.05) is 12.1 Å². The number of carbonyl (C=O) groups excluding carboxylic acids is 2. The van der Waals surface area contributed by atoms with Gasteiger partial charge in [0.2, 0.25) is 5.91 Å². The Labute approximate surface area is 157 Å². The Hall–Kier alpha value is -2.73. The highest BCUT2D eigenvalue weighted by molar-refractivity contribution is 5.98. The van der Waals surface area contributed by atoms with Gasteiger partial charge in [0.25, 0.3) is 5.91 Å². The number of anilines is 1. The lowest BCUT2D eigenvalue weighted by Gasteiger charge is -2.33. The van der Waals surface area contributed by atoms with Crippen molar-refractivity contribution in [3.63, 3.8) is 0 Å². The van der Waals surface area contributed by atoms with E-state index in [2.05, 4.69) is 0 Å². The molecule has 0 N–H and O–H groups in total. The van der Waals surface area contributed by atoms with Crippen LogP contribution in [0, 0.1) is 5.82 Å². The van der Waals surface area contributed by atoms with Crippen molar-refractivity contribution < 1.29 is 18.7 Å². The Morgan fingerprint density at radius 1 is 1.11 bits per heavy atom. The fourth-order valence-corrected chi connectivity index (χ4v) is 3.76. The average molecular weight is 368 g/mol. The molecule has 0 aliphatic carbocycles. The summed E-state index contributed by atoms with van der Waals surface area (Å²) in [7, 11) is 0. The summed E-state index contributed by atoms with van der Waals surface area (Å²) in [6.45, 7) is 3.61. The molecule has 0 aromatic heterocycles. The van der Waals surface area contributed by atoms with Crippen molar-refractivity contribution in [3.05, 3.63) is 65.0 Å². The molecule has 6 heteroatoms. The molecule has 1 atom stereocenters. The van der Waals surface area contributed by atoms with Crippen LogP contribution in [0.2, 0.25) is 0 Å². The molecule has 2 amide bonds. The molecule has 1 unspecified atom stereocenters. The summed E-state index contributed by atoms with van der Waals surface area (Å²) in [5.74, 6) is -0.321. The van der Waals surface area contributed by atoms with Crippen LogP contribution in [0.25, 0.3) is 0 Å². The van der Waals surface area contributed by atoms with Crippen LogP contribution < -0.4 is 4.90 Å². The lowest BCUT2D eigenvalue weighted by Crippen LogP contribution is -2.42. The van der Waals surface area contributed by atoms with Crippen molar-refractivity contribution in [1.29, 1.82) is 0 Å². The minimum atomic E-state index is -0.291. The van der Waals surface area contributed by atoms with Gasteiger partial charge in [-0.15, -0.1) is 0 Å². The predicted octanol–water partition coefficient (Wildman–Crippen LogP) is 2.95. The maximum Gasteiger partial charge on any atom is 0.254 e. The Morgan fingerprint density at radius 2 is 1.89 bits per heavy atom. The summed E-state index contributed by atoms with van der Waals surface area (Å²) >= 11 is 0. The molecule has 0 bridgehead atoms. The first-order valence-electron chi connectivity index (χ1n) is 9.10. The standard InChI is InChI=1S/C21H21FN2O3/c1-14(25)24-9-8-16-12-17(4-7-19(16)24)21(26)23-10-11-27-20(13-23)15-2-5-18(22)6-3-15/h2-7,12,20H,8-11,13H2,1H3. The molecular weight excluding hydrogens is 347 g/mol. The molecule has 27 heavy (non-hydrogen) atoms. The van der Waals surface area contributed by atoms with Crippen LogP contribution >= 0.6 is 0 Å². The van der Waals surface area contributed by atoms with Crippen LogP contribution in [0.15, 0.2) is 42.5 Å². The average Bonchev–Trinajstić information content (AvgIpc) is 3.11. The number of nitrogens with zero attached hydrogens (tertiary/aromatic N) is 2. The van der Waals surface area contributed by atoms with Gasteiger partial charge in [0.15, 0.2) is 0 Å². The summed E-state index contributed by atoms with van der Waals surface area (Å²) < 4.78 is 18.9. The van der Waals surface area contributed by atoms with E-state index >= 15 is 0 Å². The van der Waals surface area contributed by atoms with Crippen molar-refractivity contribution >= 4 is 17.5 Å². The number of amides is 2. The van der Waals surface area contributed by atoms with Crippen molar-refractivity contribution in [3.8, 4) is 0 Å². The number of carbonyl (C=O) groups is 2. The second-order valence-corrected chi connectivity index (χ2v) is 6.93. The molecule has 2 aromatic carbocycles. The van der Waals surface area contributed by atoms with E-state index in [9.17, 15) is 14.0 Å². The van der Waals surface area contributed by atoms with Gasteiger partial charge in [-0.05, 0) is 47.9 Å². The van der Waals surface area contributed by atoms with Crippen LogP contribution in [0.1, 0.15) is 34.5 Å².